The van der Waals surface area contributed by atoms with E-state index >= 15 is 0 Å². The van der Waals surface area contributed by atoms with Crippen molar-refractivity contribution in [2.45, 2.75) is 58.7 Å². The summed E-state index contributed by atoms with van der Waals surface area (Å²) in [6.07, 6.45) is -0.973. The minimum atomic E-state index is -0.990. The molecule has 154 valence electrons. The van der Waals surface area contributed by atoms with Crippen LogP contribution in [-0.2, 0) is 14.3 Å². The van der Waals surface area contributed by atoms with E-state index in [4.69, 9.17) is 14.2 Å². The molecule has 0 spiro atoms. The van der Waals surface area contributed by atoms with Gasteiger partial charge in [-0.05, 0) is 57.4 Å². The number of cyclic esters (lactones) is 2. The normalized spacial score (nSPS) is 18.1. The number of alkyl carbamates (subject to hydrolysis) is 1. The molecule has 8 nitrogen and oxygen atoms in total. The molecule has 1 aliphatic heterocycles. The van der Waals surface area contributed by atoms with Crippen LogP contribution in [0, 0.1) is 5.92 Å². The van der Waals surface area contributed by atoms with E-state index in [2.05, 4.69) is 5.32 Å². The Bertz CT molecular complexity index is 723. The lowest BCUT2D eigenvalue weighted by Gasteiger charge is -2.30. The summed E-state index contributed by atoms with van der Waals surface area (Å²) in [4.78, 5) is 38.4. The molecule has 0 radical (unpaired) electrons. The second-order valence-corrected chi connectivity index (χ2v) is 8.08. The summed E-state index contributed by atoms with van der Waals surface area (Å²) in [5.41, 5.74) is -0.213. The summed E-state index contributed by atoms with van der Waals surface area (Å²) >= 11 is 0. The first-order chi connectivity index (χ1) is 13.0. The lowest BCUT2D eigenvalue weighted by atomic mass is 9.96. The number of nitrogens with zero attached hydrogens (tertiary/aromatic N) is 1. The van der Waals surface area contributed by atoms with Gasteiger partial charge >= 0.3 is 18.2 Å². The average molecular weight is 392 g/mol. The number of amides is 2. The van der Waals surface area contributed by atoms with Crippen molar-refractivity contribution in [1.29, 1.82) is 0 Å². The highest BCUT2D eigenvalue weighted by Gasteiger charge is 2.47. The first-order valence-electron chi connectivity index (χ1n) is 9.20. The number of esters is 1. The van der Waals surface area contributed by atoms with E-state index in [-0.39, 0.29) is 5.92 Å². The van der Waals surface area contributed by atoms with Gasteiger partial charge in [0, 0.05) is 5.69 Å². The van der Waals surface area contributed by atoms with Crippen LogP contribution in [0.4, 0.5) is 15.3 Å². The van der Waals surface area contributed by atoms with E-state index in [0.29, 0.717) is 17.9 Å². The van der Waals surface area contributed by atoms with Gasteiger partial charge in [-0.3, -0.25) is 4.90 Å². The smallest absolute Gasteiger partial charge is 0.422 e. The zero-order valence-electron chi connectivity index (χ0n) is 17.1. The second kappa shape index (κ2) is 8.50. The van der Waals surface area contributed by atoms with Gasteiger partial charge in [0.15, 0.2) is 6.04 Å². The summed E-state index contributed by atoms with van der Waals surface area (Å²) in [6.45, 7) is 9.18. The second-order valence-electron chi connectivity index (χ2n) is 8.08. The fourth-order valence-electron chi connectivity index (χ4n) is 3.00. The Morgan fingerprint density at radius 3 is 2.32 bits per heavy atom. The fourth-order valence-corrected chi connectivity index (χ4v) is 3.00. The van der Waals surface area contributed by atoms with Crippen molar-refractivity contribution in [3.05, 3.63) is 24.3 Å². The summed E-state index contributed by atoms with van der Waals surface area (Å²) in [5.74, 6) is 0.0634. The molecule has 1 aliphatic rings. The number of nitrogens with one attached hydrogen (secondary N) is 1. The van der Waals surface area contributed by atoms with E-state index in [1.807, 2.05) is 13.8 Å². The van der Waals surface area contributed by atoms with Crippen molar-refractivity contribution in [1.82, 2.24) is 5.32 Å². The number of rotatable bonds is 6. The van der Waals surface area contributed by atoms with Crippen LogP contribution in [0.15, 0.2) is 24.3 Å². The number of hydrogen-bond acceptors (Lipinski definition) is 6. The van der Waals surface area contributed by atoms with Crippen LogP contribution in [0.2, 0.25) is 0 Å². The van der Waals surface area contributed by atoms with Gasteiger partial charge in [0.1, 0.15) is 11.4 Å². The number of hydrogen-bond donors (Lipinski definition) is 1. The number of carbonyl (C=O) groups is 3. The van der Waals surface area contributed by atoms with Gasteiger partial charge in [-0.1, -0.05) is 13.8 Å². The minimum absolute atomic E-state index is 0.154. The lowest BCUT2D eigenvalue weighted by Crippen LogP contribution is -2.54. The fraction of sp³-hybridized carbons (Fsp3) is 0.550. The number of ether oxygens (including phenoxy) is 3. The molecule has 0 aromatic heterocycles. The molecule has 1 aromatic carbocycles. The van der Waals surface area contributed by atoms with Gasteiger partial charge in [0.2, 0.25) is 0 Å². The topological polar surface area (TPSA) is 94.2 Å². The SMILES string of the molecule is COc1ccc(N2C(=O)OC(=O)[C@H]2[C@H](CC(C)C)NC(=O)OC(C)(C)C)cc1. The predicted octanol–water partition coefficient (Wildman–Crippen LogP) is 3.49. The predicted molar refractivity (Wildman–Crippen MR) is 103 cm³/mol. The molecule has 0 bridgehead atoms. The van der Waals surface area contributed by atoms with Gasteiger partial charge < -0.3 is 19.5 Å². The molecule has 0 aliphatic carbocycles. The van der Waals surface area contributed by atoms with Crippen LogP contribution < -0.4 is 15.0 Å². The third kappa shape index (κ3) is 5.37. The van der Waals surface area contributed by atoms with E-state index in [0.717, 1.165) is 0 Å². The molecule has 2 atom stereocenters. The van der Waals surface area contributed by atoms with Crippen molar-refractivity contribution in [3.8, 4) is 5.75 Å². The highest BCUT2D eigenvalue weighted by Crippen LogP contribution is 2.29. The van der Waals surface area contributed by atoms with Crippen LogP contribution in [0.25, 0.3) is 0 Å². The van der Waals surface area contributed by atoms with Crippen LogP contribution >= 0.6 is 0 Å². The quantitative estimate of drug-likeness (QED) is 0.588. The van der Waals surface area contributed by atoms with E-state index < -0.39 is 35.8 Å². The standard InChI is InChI=1S/C20H28N2O6/c1-12(2)11-15(21-18(24)28-20(3,4)5)16-17(23)27-19(25)22(16)13-7-9-14(26-6)10-8-13/h7-10,12,15-16H,11H2,1-6H3,(H,21,24)/t15-,16+/m0/s1. The molecular weight excluding hydrogens is 364 g/mol. The first kappa shape index (κ1) is 21.5. The Hall–Kier alpha value is -2.77. The Kier molecular flexibility index (Phi) is 6.53. The number of benzene rings is 1. The lowest BCUT2D eigenvalue weighted by molar-refractivity contribution is -0.135. The van der Waals surface area contributed by atoms with Gasteiger partial charge in [-0.15, -0.1) is 0 Å². The summed E-state index contributed by atoms with van der Waals surface area (Å²) < 4.78 is 15.3. The van der Waals surface area contributed by atoms with Crippen molar-refractivity contribution < 1.29 is 28.6 Å². The van der Waals surface area contributed by atoms with Crippen LogP contribution in [-0.4, -0.2) is 43.0 Å². The van der Waals surface area contributed by atoms with Crippen LogP contribution in [0.3, 0.4) is 0 Å². The van der Waals surface area contributed by atoms with Crippen molar-refractivity contribution in [3.63, 3.8) is 0 Å². The molecule has 1 heterocycles. The molecule has 8 heteroatoms. The van der Waals surface area contributed by atoms with Gasteiger partial charge in [0.05, 0.1) is 13.2 Å². The number of carbonyl (C=O) groups excluding carboxylic acids is 3. The largest absolute Gasteiger partial charge is 0.497 e. The molecule has 1 fully saturated rings. The molecule has 0 saturated carbocycles. The summed E-state index contributed by atoms with van der Waals surface area (Å²) in [5, 5.41) is 2.74. The Morgan fingerprint density at radius 1 is 1.21 bits per heavy atom. The monoisotopic (exact) mass is 392 g/mol. The zero-order chi connectivity index (χ0) is 21.1. The summed E-state index contributed by atoms with van der Waals surface area (Å²) in [7, 11) is 1.54. The maximum atomic E-state index is 12.5. The van der Waals surface area contributed by atoms with E-state index in [1.165, 1.54) is 12.0 Å². The Morgan fingerprint density at radius 2 is 1.82 bits per heavy atom. The molecule has 1 saturated heterocycles. The Labute approximate surface area is 165 Å². The Balaban J connectivity index is 2.32. The molecular formula is C20H28N2O6. The van der Waals surface area contributed by atoms with Gasteiger partial charge in [-0.25, -0.2) is 14.4 Å². The van der Waals surface area contributed by atoms with E-state index in [9.17, 15) is 14.4 Å². The van der Waals surface area contributed by atoms with Gasteiger partial charge in [-0.2, -0.15) is 0 Å². The highest BCUT2D eigenvalue weighted by molar-refractivity contribution is 6.07. The third-order valence-corrected chi connectivity index (χ3v) is 4.06. The van der Waals surface area contributed by atoms with Crippen molar-refractivity contribution in [2.75, 3.05) is 12.0 Å². The highest BCUT2D eigenvalue weighted by atomic mass is 16.6. The first-order valence-corrected chi connectivity index (χ1v) is 9.20. The van der Waals surface area contributed by atoms with Crippen LogP contribution in [0.1, 0.15) is 41.0 Å². The summed E-state index contributed by atoms with van der Waals surface area (Å²) in [6, 6.07) is 5.02. The van der Waals surface area contributed by atoms with Crippen molar-refractivity contribution in [2.24, 2.45) is 5.92 Å². The molecule has 28 heavy (non-hydrogen) atoms. The number of methoxy groups -OCH3 is 1. The number of anilines is 1. The van der Waals surface area contributed by atoms with Crippen molar-refractivity contribution >= 4 is 23.8 Å². The molecule has 0 unspecified atom stereocenters. The molecule has 1 aromatic rings. The third-order valence-electron chi connectivity index (χ3n) is 4.06. The molecule has 1 N–H and O–H groups in total. The van der Waals surface area contributed by atoms with E-state index in [1.54, 1.807) is 45.0 Å². The minimum Gasteiger partial charge on any atom is -0.497 e. The maximum absolute atomic E-state index is 12.5. The van der Waals surface area contributed by atoms with Gasteiger partial charge in [0.25, 0.3) is 0 Å². The van der Waals surface area contributed by atoms with Crippen LogP contribution in [0.5, 0.6) is 5.75 Å². The molecule has 2 rings (SSSR count). The molecule has 2 amide bonds. The maximum Gasteiger partial charge on any atom is 0.422 e. The zero-order valence-corrected chi connectivity index (χ0v) is 17.1. The average Bonchev–Trinajstić information content (AvgIpc) is 2.86.